The number of aromatic nitrogens is 2. The van der Waals surface area contributed by atoms with Gasteiger partial charge in [0.05, 0.1) is 0 Å². The van der Waals surface area contributed by atoms with Gasteiger partial charge in [0.15, 0.2) is 10.3 Å². The van der Waals surface area contributed by atoms with Crippen LogP contribution in [0.1, 0.15) is 44.1 Å². The molecule has 0 radical (unpaired) electrons. The van der Waals surface area contributed by atoms with Gasteiger partial charge in [-0.3, -0.25) is 0 Å². The molecule has 0 atom stereocenters. The molecular formula is C14H16Cl2N2. The Morgan fingerprint density at radius 1 is 0.944 bits per heavy atom. The summed E-state index contributed by atoms with van der Waals surface area (Å²) in [5.74, 6) is 2.71. The highest BCUT2D eigenvalue weighted by atomic mass is 35.5. The van der Waals surface area contributed by atoms with Gasteiger partial charge >= 0.3 is 0 Å². The lowest BCUT2D eigenvalue weighted by molar-refractivity contribution is -0.00534. The summed E-state index contributed by atoms with van der Waals surface area (Å²) in [5.41, 5.74) is 1.43. The standard InChI is InChI=1S/C14H16Cl2N2/c15-12-4-11(13(16)18-17-12)14-5-8-1-9(6-14)3-10(2-8)7-14/h4,8-10H,1-3,5-7H2. The molecule has 4 fully saturated rings. The van der Waals surface area contributed by atoms with Gasteiger partial charge in [0.2, 0.25) is 0 Å². The van der Waals surface area contributed by atoms with Crippen LogP contribution in [0.4, 0.5) is 0 Å². The molecule has 0 N–H and O–H groups in total. The van der Waals surface area contributed by atoms with Crippen molar-refractivity contribution >= 4 is 23.2 Å². The Hall–Kier alpha value is -0.340. The van der Waals surface area contributed by atoms with E-state index < -0.39 is 0 Å². The van der Waals surface area contributed by atoms with Crippen LogP contribution in [0.2, 0.25) is 10.3 Å². The summed E-state index contributed by atoms with van der Waals surface area (Å²) in [6, 6.07) is 1.96. The second-order valence-electron chi connectivity index (χ2n) is 6.57. The molecule has 5 rings (SSSR count). The average Bonchev–Trinajstić information content (AvgIpc) is 2.30. The number of hydrogen-bond acceptors (Lipinski definition) is 2. The van der Waals surface area contributed by atoms with Gasteiger partial charge in [0.25, 0.3) is 0 Å². The maximum absolute atomic E-state index is 6.30. The summed E-state index contributed by atoms with van der Waals surface area (Å²) in [6.07, 6.45) is 8.14. The lowest BCUT2D eigenvalue weighted by Gasteiger charge is -2.57. The van der Waals surface area contributed by atoms with Crippen LogP contribution in [0.5, 0.6) is 0 Å². The molecule has 1 aromatic rings. The van der Waals surface area contributed by atoms with Gasteiger partial charge in [0, 0.05) is 5.56 Å². The minimum Gasteiger partial charge on any atom is -0.137 e. The van der Waals surface area contributed by atoms with E-state index in [0.29, 0.717) is 10.3 Å². The van der Waals surface area contributed by atoms with E-state index in [1.807, 2.05) is 6.07 Å². The van der Waals surface area contributed by atoms with Gasteiger partial charge in [0.1, 0.15) is 0 Å². The zero-order valence-corrected chi connectivity index (χ0v) is 11.7. The first-order valence-corrected chi connectivity index (χ1v) is 7.59. The van der Waals surface area contributed by atoms with E-state index >= 15 is 0 Å². The molecule has 4 saturated carbocycles. The van der Waals surface area contributed by atoms with E-state index in [1.165, 1.54) is 44.1 Å². The van der Waals surface area contributed by atoms with E-state index in [9.17, 15) is 0 Å². The van der Waals surface area contributed by atoms with Crippen LogP contribution in [0.3, 0.4) is 0 Å². The minimum atomic E-state index is 0.255. The van der Waals surface area contributed by atoms with Gasteiger partial charge in [-0.05, 0) is 67.8 Å². The smallest absolute Gasteiger partial charge is 0.137 e. The van der Waals surface area contributed by atoms with Gasteiger partial charge in [-0.15, -0.1) is 10.2 Å². The molecule has 0 aliphatic heterocycles. The quantitative estimate of drug-likeness (QED) is 0.770. The normalized spacial score (nSPS) is 41.3. The fraction of sp³-hybridized carbons (Fsp3) is 0.714. The second-order valence-corrected chi connectivity index (χ2v) is 7.31. The SMILES string of the molecule is Clc1cc(C23CC4CC(CC(C4)C2)C3)c(Cl)nn1. The first-order valence-electron chi connectivity index (χ1n) is 6.84. The summed E-state index contributed by atoms with van der Waals surface area (Å²) in [4.78, 5) is 0. The maximum atomic E-state index is 6.30. The Morgan fingerprint density at radius 3 is 2.06 bits per heavy atom. The summed E-state index contributed by atoms with van der Waals surface area (Å²) in [5, 5.41) is 8.92. The predicted octanol–water partition coefficient (Wildman–Crippen LogP) is 4.25. The van der Waals surface area contributed by atoms with Gasteiger partial charge in [-0.2, -0.15) is 0 Å². The Balaban J connectivity index is 1.81. The van der Waals surface area contributed by atoms with Crippen LogP contribution in [0, 0.1) is 17.8 Å². The monoisotopic (exact) mass is 282 g/mol. The largest absolute Gasteiger partial charge is 0.155 e. The molecule has 0 unspecified atom stereocenters. The van der Waals surface area contributed by atoms with Crippen LogP contribution in [0.15, 0.2) is 6.07 Å². The third-order valence-corrected chi connectivity index (χ3v) is 5.79. The summed E-state index contributed by atoms with van der Waals surface area (Å²) in [6.45, 7) is 0. The average molecular weight is 283 g/mol. The van der Waals surface area contributed by atoms with Crippen molar-refractivity contribution in [2.75, 3.05) is 0 Å². The number of rotatable bonds is 1. The summed E-state index contributed by atoms with van der Waals surface area (Å²) in [7, 11) is 0. The molecule has 0 amide bonds. The van der Waals surface area contributed by atoms with Crippen molar-refractivity contribution < 1.29 is 0 Å². The molecule has 2 nitrogen and oxygen atoms in total. The van der Waals surface area contributed by atoms with E-state index in [-0.39, 0.29) is 5.41 Å². The Kier molecular flexibility index (Phi) is 2.44. The topological polar surface area (TPSA) is 25.8 Å². The Labute approximate surface area is 117 Å². The van der Waals surface area contributed by atoms with Crippen molar-refractivity contribution in [2.45, 2.75) is 43.9 Å². The van der Waals surface area contributed by atoms with E-state index in [0.717, 1.165) is 17.8 Å². The van der Waals surface area contributed by atoms with Crippen molar-refractivity contribution in [1.29, 1.82) is 0 Å². The number of nitrogens with zero attached hydrogens (tertiary/aromatic N) is 2. The first-order chi connectivity index (χ1) is 8.64. The zero-order valence-electron chi connectivity index (χ0n) is 10.2. The molecule has 96 valence electrons. The van der Waals surface area contributed by atoms with Crippen LogP contribution in [-0.4, -0.2) is 10.2 Å². The van der Waals surface area contributed by atoms with Crippen LogP contribution in [-0.2, 0) is 5.41 Å². The lowest BCUT2D eigenvalue weighted by atomic mass is 9.48. The summed E-state index contributed by atoms with van der Waals surface area (Å²) < 4.78 is 0. The van der Waals surface area contributed by atoms with Crippen molar-refractivity contribution in [3.05, 3.63) is 21.9 Å². The number of hydrogen-bond donors (Lipinski definition) is 0. The number of halogens is 2. The fourth-order valence-corrected chi connectivity index (χ4v) is 5.61. The highest BCUT2D eigenvalue weighted by molar-refractivity contribution is 6.31. The van der Waals surface area contributed by atoms with Crippen molar-refractivity contribution in [3.8, 4) is 0 Å². The molecule has 4 aliphatic carbocycles. The Bertz CT molecular complexity index is 465. The van der Waals surface area contributed by atoms with Gasteiger partial charge < -0.3 is 0 Å². The highest BCUT2D eigenvalue weighted by Gasteiger charge is 2.52. The molecule has 1 heterocycles. The fourth-order valence-electron chi connectivity index (χ4n) is 5.17. The Morgan fingerprint density at radius 2 is 1.50 bits per heavy atom. The van der Waals surface area contributed by atoms with E-state index in [4.69, 9.17) is 23.2 Å². The molecule has 0 saturated heterocycles. The van der Waals surface area contributed by atoms with Crippen LogP contribution < -0.4 is 0 Å². The molecule has 4 bridgehead atoms. The zero-order chi connectivity index (χ0) is 12.3. The van der Waals surface area contributed by atoms with Gasteiger partial charge in [-0.25, -0.2) is 0 Å². The molecule has 4 aliphatic rings. The van der Waals surface area contributed by atoms with Crippen molar-refractivity contribution in [2.24, 2.45) is 17.8 Å². The molecule has 0 spiro atoms. The second kappa shape index (κ2) is 3.83. The van der Waals surface area contributed by atoms with Crippen molar-refractivity contribution in [3.63, 3.8) is 0 Å². The lowest BCUT2D eigenvalue weighted by Crippen LogP contribution is -2.48. The van der Waals surface area contributed by atoms with Crippen LogP contribution >= 0.6 is 23.2 Å². The van der Waals surface area contributed by atoms with E-state index in [2.05, 4.69) is 10.2 Å². The molecule has 18 heavy (non-hydrogen) atoms. The molecule has 0 aromatic carbocycles. The van der Waals surface area contributed by atoms with Crippen LogP contribution in [0.25, 0.3) is 0 Å². The minimum absolute atomic E-state index is 0.255. The third kappa shape index (κ3) is 1.61. The highest BCUT2D eigenvalue weighted by Crippen LogP contribution is 2.61. The third-order valence-electron chi connectivity index (χ3n) is 5.33. The molecule has 1 aromatic heterocycles. The molecular weight excluding hydrogens is 267 g/mol. The summed E-state index contributed by atoms with van der Waals surface area (Å²) >= 11 is 12.3. The van der Waals surface area contributed by atoms with Gasteiger partial charge in [-0.1, -0.05) is 23.2 Å². The molecule has 4 heteroatoms. The maximum Gasteiger partial charge on any atom is 0.155 e. The predicted molar refractivity (Wildman–Crippen MR) is 71.9 cm³/mol. The van der Waals surface area contributed by atoms with E-state index in [1.54, 1.807) is 0 Å². The first kappa shape index (κ1) is 11.5. The van der Waals surface area contributed by atoms with Crippen molar-refractivity contribution in [1.82, 2.24) is 10.2 Å².